The summed E-state index contributed by atoms with van der Waals surface area (Å²) in [6.45, 7) is 2.08. The van der Waals surface area contributed by atoms with Crippen molar-refractivity contribution in [3.05, 3.63) is 80.7 Å². The lowest BCUT2D eigenvalue weighted by Crippen LogP contribution is -2.41. The second kappa shape index (κ2) is 7.55. The number of nitrogens with zero attached hydrogens (tertiary/aromatic N) is 3. The van der Waals surface area contributed by atoms with Gasteiger partial charge in [0.2, 0.25) is 0 Å². The molecule has 1 aromatic heterocycles. The van der Waals surface area contributed by atoms with E-state index in [0.29, 0.717) is 35.9 Å². The molecule has 0 amide bonds. The van der Waals surface area contributed by atoms with Gasteiger partial charge in [0.15, 0.2) is 5.78 Å². The zero-order chi connectivity index (χ0) is 21.1. The van der Waals surface area contributed by atoms with Crippen molar-refractivity contribution in [1.29, 1.82) is 0 Å². The van der Waals surface area contributed by atoms with Gasteiger partial charge >= 0.3 is 0 Å². The first-order valence-electron chi connectivity index (χ1n) is 11.3. The van der Waals surface area contributed by atoms with Crippen molar-refractivity contribution in [3.8, 4) is 5.69 Å². The van der Waals surface area contributed by atoms with E-state index in [9.17, 15) is 4.79 Å². The Kier molecular flexibility index (Phi) is 4.79. The highest BCUT2D eigenvalue weighted by Gasteiger charge is 2.48. The first-order valence-corrected chi connectivity index (χ1v) is 12.3. The Hall–Kier alpha value is -1.99. The van der Waals surface area contributed by atoms with Crippen molar-refractivity contribution in [2.24, 2.45) is 5.92 Å². The molecule has 31 heavy (non-hydrogen) atoms. The van der Waals surface area contributed by atoms with E-state index in [2.05, 4.69) is 93.8 Å². The molecule has 0 radical (unpaired) electrons. The monoisotopic (exact) mass is 523 g/mol. The third-order valence-electron chi connectivity index (χ3n) is 7.43. The number of aromatic nitrogens is 2. The predicted molar refractivity (Wildman–Crippen MR) is 130 cm³/mol. The van der Waals surface area contributed by atoms with Crippen molar-refractivity contribution in [1.82, 2.24) is 14.7 Å². The molecule has 2 aliphatic carbocycles. The Morgan fingerprint density at radius 3 is 2.55 bits per heavy atom. The minimum absolute atomic E-state index is 0.311. The van der Waals surface area contributed by atoms with Gasteiger partial charge in [0.05, 0.1) is 22.6 Å². The van der Waals surface area contributed by atoms with E-state index in [4.69, 9.17) is 5.10 Å². The van der Waals surface area contributed by atoms with Gasteiger partial charge in [0.1, 0.15) is 0 Å². The van der Waals surface area contributed by atoms with Gasteiger partial charge in [-0.1, -0.05) is 30.3 Å². The molecule has 2 unspecified atom stereocenters. The molecular weight excluding hydrogens is 497 g/mol. The Morgan fingerprint density at radius 2 is 1.77 bits per heavy atom. The van der Waals surface area contributed by atoms with Crippen molar-refractivity contribution < 1.29 is 4.79 Å². The highest BCUT2D eigenvalue weighted by Crippen LogP contribution is 2.57. The number of hydrogen-bond acceptors (Lipinski definition) is 3. The quantitative estimate of drug-likeness (QED) is 0.434. The van der Waals surface area contributed by atoms with Crippen LogP contribution in [0.5, 0.6) is 0 Å². The second-order valence-corrected chi connectivity index (χ2v) is 10.7. The second-order valence-electron chi connectivity index (χ2n) is 9.44. The van der Waals surface area contributed by atoms with E-state index < -0.39 is 0 Å². The molecule has 2 fully saturated rings. The zero-order valence-corrected chi connectivity index (χ0v) is 19.8. The third kappa shape index (κ3) is 3.37. The predicted octanol–water partition coefficient (Wildman–Crippen LogP) is 5.37. The Morgan fingerprint density at radius 1 is 1.00 bits per heavy atom. The van der Waals surface area contributed by atoms with Crippen LogP contribution in [-0.4, -0.2) is 40.6 Å². The molecule has 0 bridgehead atoms. The highest BCUT2D eigenvalue weighted by atomic mass is 127. The van der Waals surface area contributed by atoms with Crippen molar-refractivity contribution in [2.75, 3.05) is 20.1 Å². The lowest BCUT2D eigenvalue weighted by atomic mass is 9.73. The molecule has 4 atom stereocenters. The van der Waals surface area contributed by atoms with Crippen LogP contribution >= 0.6 is 22.6 Å². The standard InChI is InChI=1S/C26H26IN3O/c1-29-12-11-17-13-23(31)24-25(21-14-20(21)16-5-3-2-4-6-16)28-30(26(24)22(17)15-29)19-9-7-18(27)8-10-19/h2-10,17,20-22H,11-15H2,1H3/t17?,20-,21+,22?/m0/s1. The number of rotatable bonds is 3. The first kappa shape index (κ1) is 19.7. The summed E-state index contributed by atoms with van der Waals surface area (Å²) < 4.78 is 3.33. The van der Waals surface area contributed by atoms with Crippen LogP contribution in [0.3, 0.4) is 0 Å². The van der Waals surface area contributed by atoms with Crippen LogP contribution in [-0.2, 0) is 0 Å². The maximum Gasteiger partial charge on any atom is 0.166 e. The van der Waals surface area contributed by atoms with Crippen LogP contribution in [0.1, 0.15) is 64.3 Å². The maximum atomic E-state index is 13.4. The minimum atomic E-state index is 0.311. The third-order valence-corrected chi connectivity index (χ3v) is 8.14. The summed E-state index contributed by atoms with van der Waals surface area (Å²) in [5, 5.41) is 5.17. The number of Topliss-reactive ketones (excluding diaryl/α,β-unsaturated/α-hetero) is 1. The fraction of sp³-hybridized carbons (Fsp3) is 0.385. The summed E-state index contributed by atoms with van der Waals surface area (Å²) in [7, 11) is 2.20. The van der Waals surface area contributed by atoms with Crippen LogP contribution in [0.25, 0.3) is 5.69 Å². The number of piperidine rings is 1. The van der Waals surface area contributed by atoms with Crippen molar-refractivity contribution in [3.63, 3.8) is 0 Å². The topological polar surface area (TPSA) is 38.1 Å². The number of hydrogen-bond donors (Lipinski definition) is 0. The SMILES string of the molecule is CN1CCC2CC(=O)c3c([C@@H]4C[C@H]4c4ccccc4)nn(-c4ccc(I)cc4)c3C2C1. The van der Waals surface area contributed by atoms with Crippen molar-refractivity contribution >= 4 is 28.4 Å². The maximum absolute atomic E-state index is 13.4. The zero-order valence-electron chi connectivity index (χ0n) is 17.7. The molecule has 3 aliphatic rings. The van der Waals surface area contributed by atoms with Gasteiger partial charge in [-0.3, -0.25) is 4.79 Å². The molecule has 2 aromatic carbocycles. The number of likely N-dealkylation sites (N-methyl/N-ethyl adjacent to an activating group) is 1. The Balaban J connectivity index is 1.48. The number of likely N-dealkylation sites (tertiary alicyclic amines) is 1. The Bertz CT molecular complexity index is 1140. The lowest BCUT2D eigenvalue weighted by Gasteiger charge is -2.39. The van der Waals surface area contributed by atoms with Crippen LogP contribution in [0.15, 0.2) is 54.6 Å². The van der Waals surface area contributed by atoms with Gasteiger partial charge in [0, 0.05) is 28.4 Å². The summed E-state index contributed by atoms with van der Waals surface area (Å²) in [6, 6.07) is 19.2. The van der Waals surface area contributed by atoms with Gasteiger partial charge in [-0.15, -0.1) is 0 Å². The molecule has 4 nitrogen and oxygen atoms in total. The van der Waals surface area contributed by atoms with Crippen LogP contribution in [0.4, 0.5) is 0 Å². The highest BCUT2D eigenvalue weighted by molar-refractivity contribution is 14.1. The molecule has 1 saturated heterocycles. The van der Waals surface area contributed by atoms with E-state index >= 15 is 0 Å². The minimum Gasteiger partial charge on any atom is -0.306 e. The number of benzene rings is 2. The molecule has 0 spiro atoms. The van der Waals surface area contributed by atoms with Crippen LogP contribution < -0.4 is 0 Å². The van der Waals surface area contributed by atoms with Gasteiger partial charge < -0.3 is 4.90 Å². The van der Waals surface area contributed by atoms with Crippen LogP contribution in [0.2, 0.25) is 0 Å². The molecule has 6 rings (SSSR count). The molecule has 2 heterocycles. The molecule has 3 aromatic rings. The van der Waals surface area contributed by atoms with Gasteiger partial charge in [-0.2, -0.15) is 5.10 Å². The van der Waals surface area contributed by atoms with Gasteiger partial charge in [-0.25, -0.2) is 4.68 Å². The number of ketones is 1. The van der Waals surface area contributed by atoms with Gasteiger partial charge in [0.25, 0.3) is 0 Å². The Labute approximate surface area is 196 Å². The number of carbonyl (C=O) groups is 1. The van der Waals surface area contributed by atoms with Gasteiger partial charge in [-0.05, 0) is 90.7 Å². The normalized spacial score (nSPS) is 27.6. The number of halogens is 1. The van der Waals surface area contributed by atoms with E-state index in [1.54, 1.807) is 0 Å². The fourth-order valence-electron chi connectivity index (χ4n) is 5.74. The summed E-state index contributed by atoms with van der Waals surface area (Å²) in [4.78, 5) is 15.9. The largest absolute Gasteiger partial charge is 0.306 e. The average molecular weight is 523 g/mol. The fourth-order valence-corrected chi connectivity index (χ4v) is 6.10. The number of carbonyl (C=O) groups excluding carboxylic acids is 1. The molecule has 1 saturated carbocycles. The molecule has 5 heteroatoms. The van der Waals surface area contributed by atoms with Crippen molar-refractivity contribution in [2.45, 2.75) is 37.0 Å². The molecule has 158 valence electrons. The van der Waals surface area contributed by atoms with E-state index in [0.717, 1.165) is 42.9 Å². The van der Waals surface area contributed by atoms with E-state index in [-0.39, 0.29) is 0 Å². The lowest BCUT2D eigenvalue weighted by molar-refractivity contribution is 0.0882. The summed E-state index contributed by atoms with van der Waals surface area (Å²) in [5.41, 5.74) is 5.59. The summed E-state index contributed by atoms with van der Waals surface area (Å²) in [6.07, 6.45) is 2.86. The first-order chi connectivity index (χ1) is 15.1. The van der Waals surface area contributed by atoms with E-state index in [1.165, 1.54) is 14.8 Å². The average Bonchev–Trinajstić information content (AvgIpc) is 3.48. The molecule has 1 aliphatic heterocycles. The summed E-state index contributed by atoms with van der Waals surface area (Å²) >= 11 is 2.34. The smallest absolute Gasteiger partial charge is 0.166 e. The van der Waals surface area contributed by atoms with Crippen LogP contribution in [0, 0.1) is 9.49 Å². The molecule has 0 N–H and O–H groups in total. The number of fused-ring (bicyclic) bond motifs is 3. The van der Waals surface area contributed by atoms with E-state index in [1.807, 2.05) is 0 Å². The molecular formula is C26H26IN3O. The summed E-state index contributed by atoms with van der Waals surface area (Å²) in [5.74, 6) is 1.95.